The number of carbonyl (C=O) groups is 1. The molecule has 0 spiro atoms. The Bertz CT molecular complexity index is 768. The van der Waals surface area contributed by atoms with E-state index < -0.39 is 6.10 Å². The number of carbonyl (C=O) groups excluding carboxylic acids is 1. The van der Waals surface area contributed by atoms with Gasteiger partial charge in [-0.3, -0.25) is 9.69 Å². The lowest BCUT2D eigenvalue weighted by Gasteiger charge is -2.37. The number of nitrogens with one attached hydrogen (secondary N) is 1. The van der Waals surface area contributed by atoms with Gasteiger partial charge in [0.25, 0.3) is 0 Å². The van der Waals surface area contributed by atoms with Gasteiger partial charge < -0.3 is 15.3 Å². The number of aliphatic hydroxyl groups is 1. The molecule has 2 N–H and O–H groups in total. The molecule has 0 aliphatic carbocycles. The fourth-order valence-corrected chi connectivity index (χ4v) is 3.72. The van der Waals surface area contributed by atoms with Crippen molar-refractivity contribution < 1.29 is 9.90 Å². The predicted molar refractivity (Wildman–Crippen MR) is 113 cm³/mol. The molecule has 0 saturated carbocycles. The third-order valence-corrected chi connectivity index (χ3v) is 5.42. The molecule has 1 saturated heterocycles. The lowest BCUT2D eigenvalue weighted by molar-refractivity contribution is -0.119. The van der Waals surface area contributed by atoms with Crippen molar-refractivity contribution >= 4 is 11.6 Å². The van der Waals surface area contributed by atoms with Gasteiger partial charge in [-0.25, -0.2) is 0 Å². The topological polar surface area (TPSA) is 55.8 Å². The summed E-state index contributed by atoms with van der Waals surface area (Å²) in [6.45, 7) is 8.76. The van der Waals surface area contributed by atoms with Crippen molar-refractivity contribution in [2.75, 3.05) is 37.6 Å². The second-order valence-corrected chi connectivity index (χ2v) is 7.44. The normalized spacial score (nSPS) is 16.0. The maximum absolute atomic E-state index is 11.0. The third-order valence-electron chi connectivity index (χ3n) is 5.42. The maximum Gasteiger partial charge on any atom is 0.217 e. The minimum atomic E-state index is -0.496. The van der Waals surface area contributed by atoms with Crippen molar-refractivity contribution in [2.45, 2.75) is 32.9 Å². The predicted octanol–water partition coefficient (Wildman–Crippen LogP) is 2.74. The van der Waals surface area contributed by atoms with Gasteiger partial charge in [0.05, 0.1) is 6.10 Å². The average Bonchev–Trinajstić information content (AvgIpc) is 2.73. The van der Waals surface area contributed by atoms with Crippen LogP contribution in [0.1, 0.15) is 36.6 Å². The molecule has 3 rings (SSSR count). The van der Waals surface area contributed by atoms with E-state index in [1.54, 1.807) is 0 Å². The van der Waals surface area contributed by atoms with Gasteiger partial charge >= 0.3 is 0 Å². The Labute approximate surface area is 168 Å². The van der Waals surface area contributed by atoms with Crippen LogP contribution in [0.3, 0.4) is 0 Å². The van der Waals surface area contributed by atoms with Gasteiger partial charge in [0.15, 0.2) is 0 Å². The molecule has 5 nitrogen and oxygen atoms in total. The summed E-state index contributed by atoms with van der Waals surface area (Å²) in [5.74, 6) is -0.0372. The van der Waals surface area contributed by atoms with E-state index in [9.17, 15) is 9.90 Å². The van der Waals surface area contributed by atoms with Crippen LogP contribution in [0.15, 0.2) is 48.5 Å². The standard InChI is InChI=1S/C23H31N3O2/c1-3-20-6-4-5-7-22(20)26-14-12-25(13-15-26)17-23(28)21-10-8-19(9-11-21)16-24-18(2)27/h4-11,23,28H,3,12-17H2,1-2H3,(H,24,27). The van der Waals surface area contributed by atoms with E-state index in [2.05, 4.69) is 46.3 Å². The van der Waals surface area contributed by atoms with Crippen LogP contribution >= 0.6 is 0 Å². The molecule has 0 aromatic heterocycles. The Hall–Kier alpha value is -2.37. The van der Waals surface area contributed by atoms with Gasteiger partial charge in [-0.05, 0) is 29.2 Å². The molecular formula is C23H31N3O2. The lowest BCUT2D eigenvalue weighted by Crippen LogP contribution is -2.47. The van der Waals surface area contributed by atoms with Gasteiger partial charge in [0.1, 0.15) is 0 Å². The van der Waals surface area contributed by atoms with Crippen LogP contribution < -0.4 is 10.2 Å². The second-order valence-electron chi connectivity index (χ2n) is 7.44. The zero-order valence-corrected chi connectivity index (χ0v) is 16.9. The first-order valence-electron chi connectivity index (χ1n) is 10.1. The molecule has 1 aliphatic rings. The van der Waals surface area contributed by atoms with Crippen LogP contribution in [0, 0.1) is 0 Å². The summed E-state index contributed by atoms with van der Waals surface area (Å²) in [6.07, 6.45) is 0.553. The Morgan fingerprint density at radius 2 is 1.75 bits per heavy atom. The SMILES string of the molecule is CCc1ccccc1N1CCN(CC(O)c2ccc(CNC(C)=O)cc2)CC1. The molecule has 0 radical (unpaired) electrons. The molecule has 1 aliphatic heterocycles. The molecule has 1 amide bonds. The van der Waals surface area contributed by atoms with Crippen molar-refractivity contribution in [1.29, 1.82) is 0 Å². The van der Waals surface area contributed by atoms with Gasteiger partial charge in [-0.15, -0.1) is 0 Å². The zero-order chi connectivity index (χ0) is 19.9. The summed E-state index contributed by atoms with van der Waals surface area (Å²) in [4.78, 5) is 15.8. The lowest BCUT2D eigenvalue weighted by atomic mass is 10.1. The van der Waals surface area contributed by atoms with Crippen LogP contribution in [0.25, 0.3) is 0 Å². The van der Waals surface area contributed by atoms with Crippen molar-refractivity contribution in [1.82, 2.24) is 10.2 Å². The molecule has 2 aromatic rings. The summed E-state index contributed by atoms with van der Waals surface area (Å²) >= 11 is 0. The Morgan fingerprint density at radius 3 is 2.39 bits per heavy atom. The maximum atomic E-state index is 11.0. The van der Waals surface area contributed by atoms with Crippen LogP contribution in [0.2, 0.25) is 0 Å². The summed E-state index contributed by atoms with van der Waals surface area (Å²) in [5.41, 5.74) is 4.70. The Kier molecular flexibility index (Phi) is 7.06. The number of aryl methyl sites for hydroxylation is 1. The number of amides is 1. The van der Waals surface area contributed by atoms with Crippen molar-refractivity contribution in [3.8, 4) is 0 Å². The largest absolute Gasteiger partial charge is 0.387 e. The molecule has 5 heteroatoms. The molecular weight excluding hydrogens is 350 g/mol. The van der Waals surface area contributed by atoms with Crippen molar-refractivity contribution in [2.24, 2.45) is 0 Å². The summed E-state index contributed by atoms with van der Waals surface area (Å²) in [6, 6.07) is 16.5. The molecule has 2 aromatic carbocycles. The highest BCUT2D eigenvalue weighted by atomic mass is 16.3. The number of hydrogen-bond donors (Lipinski definition) is 2. The fraction of sp³-hybridized carbons (Fsp3) is 0.435. The highest BCUT2D eigenvalue weighted by Gasteiger charge is 2.21. The van der Waals surface area contributed by atoms with Crippen LogP contribution in [0.4, 0.5) is 5.69 Å². The monoisotopic (exact) mass is 381 g/mol. The molecule has 1 heterocycles. The van der Waals surface area contributed by atoms with Gasteiger partial charge in [0, 0.05) is 51.9 Å². The van der Waals surface area contributed by atoms with Crippen LogP contribution in [0.5, 0.6) is 0 Å². The first-order valence-corrected chi connectivity index (χ1v) is 10.1. The second kappa shape index (κ2) is 9.71. The smallest absolute Gasteiger partial charge is 0.217 e. The van der Waals surface area contributed by atoms with Gasteiger partial charge in [-0.1, -0.05) is 49.4 Å². The number of aliphatic hydroxyl groups excluding tert-OH is 1. The summed E-state index contributed by atoms with van der Waals surface area (Å²) < 4.78 is 0. The molecule has 1 unspecified atom stereocenters. The van der Waals surface area contributed by atoms with Crippen LogP contribution in [-0.2, 0) is 17.8 Å². The summed E-state index contributed by atoms with van der Waals surface area (Å²) in [5, 5.41) is 13.4. The van der Waals surface area contributed by atoms with E-state index >= 15 is 0 Å². The van der Waals surface area contributed by atoms with Gasteiger partial charge in [-0.2, -0.15) is 0 Å². The number of anilines is 1. The Morgan fingerprint density at radius 1 is 1.07 bits per heavy atom. The van der Waals surface area contributed by atoms with Crippen molar-refractivity contribution in [3.63, 3.8) is 0 Å². The van der Waals surface area contributed by atoms with E-state index in [1.807, 2.05) is 24.3 Å². The highest BCUT2D eigenvalue weighted by Crippen LogP contribution is 2.23. The van der Waals surface area contributed by atoms with E-state index in [0.717, 1.165) is 43.7 Å². The van der Waals surface area contributed by atoms with Gasteiger partial charge in [0.2, 0.25) is 5.91 Å². The average molecular weight is 382 g/mol. The van der Waals surface area contributed by atoms with E-state index in [0.29, 0.717) is 13.1 Å². The molecule has 28 heavy (non-hydrogen) atoms. The number of β-amino-alcohol motifs (C(OH)–C–C–N with tert-alkyl or cyclic N) is 1. The quantitative estimate of drug-likeness (QED) is 0.774. The number of rotatable bonds is 7. The molecule has 1 fully saturated rings. The molecule has 150 valence electrons. The van der Waals surface area contributed by atoms with E-state index in [1.165, 1.54) is 18.2 Å². The number of para-hydroxylation sites is 1. The Balaban J connectivity index is 1.51. The van der Waals surface area contributed by atoms with E-state index in [-0.39, 0.29) is 5.91 Å². The first kappa shape index (κ1) is 20.4. The van der Waals surface area contributed by atoms with Crippen molar-refractivity contribution in [3.05, 3.63) is 65.2 Å². The minimum Gasteiger partial charge on any atom is -0.387 e. The minimum absolute atomic E-state index is 0.0372. The molecule has 1 atom stereocenters. The molecule has 0 bridgehead atoms. The number of nitrogens with zero attached hydrogens (tertiary/aromatic N) is 2. The highest BCUT2D eigenvalue weighted by molar-refractivity contribution is 5.72. The summed E-state index contributed by atoms with van der Waals surface area (Å²) in [7, 11) is 0. The first-order chi connectivity index (χ1) is 13.6. The fourth-order valence-electron chi connectivity index (χ4n) is 3.72. The van der Waals surface area contributed by atoms with E-state index in [4.69, 9.17) is 0 Å². The third kappa shape index (κ3) is 5.33. The van der Waals surface area contributed by atoms with Crippen LogP contribution in [-0.4, -0.2) is 48.6 Å². The number of piperazine rings is 1. The zero-order valence-electron chi connectivity index (χ0n) is 16.9. The number of hydrogen-bond acceptors (Lipinski definition) is 4. The number of benzene rings is 2.